The summed E-state index contributed by atoms with van der Waals surface area (Å²) < 4.78 is 58.1. The van der Waals surface area contributed by atoms with Crippen LogP contribution in [0.4, 0.5) is 22.7 Å². The van der Waals surface area contributed by atoms with Gasteiger partial charge in [0.25, 0.3) is 0 Å². The summed E-state index contributed by atoms with van der Waals surface area (Å²) >= 11 is 0. The van der Waals surface area contributed by atoms with Crippen molar-refractivity contribution in [2.24, 2.45) is 15.2 Å². The molecule has 2 aromatic rings. The third-order valence-corrected chi connectivity index (χ3v) is 6.58. The largest absolute Gasteiger partial charge is 1.00 e. The molecule has 1 N–H and O–H groups in total. The van der Waals surface area contributed by atoms with Gasteiger partial charge in [0, 0.05) is 18.8 Å². The van der Waals surface area contributed by atoms with Crippen molar-refractivity contribution in [2.75, 3.05) is 30.3 Å². The van der Waals surface area contributed by atoms with E-state index in [4.69, 9.17) is 4.55 Å². The summed E-state index contributed by atoms with van der Waals surface area (Å²) in [6.07, 6.45) is 0. The second-order valence-corrected chi connectivity index (χ2v) is 9.94. The molecular weight excluding hydrogens is 495 g/mol. The molecule has 0 unspecified atom stereocenters. The molecule has 0 bridgehead atoms. The molecule has 0 fully saturated rings. The van der Waals surface area contributed by atoms with Crippen LogP contribution >= 0.6 is 0 Å². The summed E-state index contributed by atoms with van der Waals surface area (Å²) in [4.78, 5) is 6.03. The molecule has 34 heavy (non-hydrogen) atoms. The van der Waals surface area contributed by atoms with Crippen LogP contribution in [0.25, 0.3) is 0 Å². The minimum Gasteiger partial charge on any atom is -0.862 e. The van der Waals surface area contributed by atoms with Gasteiger partial charge in [-0.2, -0.15) is 13.5 Å². The van der Waals surface area contributed by atoms with Crippen LogP contribution in [0.1, 0.15) is 20.8 Å². The summed E-state index contributed by atoms with van der Waals surface area (Å²) in [5, 5.41) is 19.8. The summed E-state index contributed by atoms with van der Waals surface area (Å²) in [7, 11) is -8.55. The molecule has 0 aliphatic carbocycles. The Morgan fingerprint density at radius 2 is 1.62 bits per heavy atom. The van der Waals surface area contributed by atoms with Crippen molar-refractivity contribution in [3.05, 3.63) is 42.5 Å². The molecule has 0 radical (unpaired) electrons. The Morgan fingerprint density at radius 1 is 1.00 bits per heavy atom. The van der Waals surface area contributed by atoms with E-state index in [-0.39, 0.29) is 40.4 Å². The minimum atomic E-state index is -4.71. The van der Waals surface area contributed by atoms with Gasteiger partial charge in [-0.3, -0.25) is 9.55 Å². The molecular formula is C20H25N4NaO7S2. The van der Waals surface area contributed by atoms with Crippen molar-refractivity contribution in [3.8, 4) is 0 Å². The summed E-state index contributed by atoms with van der Waals surface area (Å²) in [6.45, 7) is 6.23. The number of hydrogen-bond donors (Lipinski definition) is 1. The first-order valence-corrected chi connectivity index (χ1v) is 12.9. The van der Waals surface area contributed by atoms with Crippen molar-refractivity contribution in [1.29, 1.82) is 0 Å². The van der Waals surface area contributed by atoms with Crippen molar-refractivity contribution in [1.82, 2.24) is 0 Å². The van der Waals surface area contributed by atoms with Crippen molar-refractivity contribution >= 4 is 48.9 Å². The number of aliphatic imine (C=N–C) groups is 1. The van der Waals surface area contributed by atoms with E-state index in [0.29, 0.717) is 17.1 Å². The molecule has 0 saturated heterocycles. The van der Waals surface area contributed by atoms with Gasteiger partial charge in [0.15, 0.2) is 9.84 Å². The van der Waals surface area contributed by atoms with Gasteiger partial charge < -0.3 is 10.0 Å². The van der Waals surface area contributed by atoms with Gasteiger partial charge in [-0.15, -0.1) is 5.11 Å². The Balaban J connectivity index is 0.00000578. The molecule has 0 spiro atoms. The second kappa shape index (κ2) is 13.3. The van der Waals surface area contributed by atoms with E-state index in [1.807, 2.05) is 19.9 Å². The van der Waals surface area contributed by atoms with Gasteiger partial charge in [0.1, 0.15) is 5.69 Å². The number of hydrogen-bond acceptors (Lipinski definition) is 10. The maximum atomic E-state index is 12.2. The number of azo groups is 1. The van der Waals surface area contributed by atoms with E-state index in [1.165, 1.54) is 31.2 Å². The van der Waals surface area contributed by atoms with Crippen LogP contribution < -0.4 is 39.6 Å². The Kier molecular flexibility index (Phi) is 11.8. The second-order valence-electron chi connectivity index (χ2n) is 6.74. The van der Waals surface area contributed by atoms with Crippen LogP contribution in [0, 0.1) is 0 Å². The molecule has 0 aromatic heterocycles. The molecule has 0 atom stereocenters. The quantitative estimate of drug-likeness (QED) is 0.142. The van der Waals surface area contributed by atoms with Crippen LogP contribution in [-0.2, 0) is 24.4 Å². The maximum Gasteiger partial charge on any atom is 1.00 e. The third kappa shape index (κ3) is 9.41. The topological polar surface area (TPSA) is 161 Å². The molecule has 14 heteroatoms. The van der Waals surface area contributed by atoms with E-state index in [1.54, 1.807) is 12.1 Å². The molecule has 0 saturated carbocycles. The van der Waals surface area contributed by atoms with Gasteiger partial charge in [-0.25, -0.2) is 12.6 Å². The first-order valence-electron chi connectivity index (χ1n) is 9.93. The molecule has 0 aliphatic heterocycles. The SMILES string of the molecule is CCN(CC)c1ccc(N=Nc2ccc(S(=O)(=O)CCOS(=O)(=O)O)cc2)c(N=C(C)[O-])c1.[Na+]. The van der Waals surface area contributed by atoms with E-state index < -0.39 is 32.6 Å². The molecule has 2 aromatic carbocycles. The number of sulfone groups is 1. The van der Waals surface area contributed by atoms with E-state index in [0.717, 1.165) is 18.8 Å². The molecule has 180 valence electrons. The fourth-order valence-corrected chi connectivity index (χ4v) is 4.33. The monoisotopic (exact) mass is 520 g/mol. The number of anilines is 1. The summed E-state index contributed by atoms with van der Waals surface area (Å²) in [5.74, 6) is -1.02. The van der Waals surface area contributed by atoms with Crippen LogP contribution in [0.2, 0.25) is 0 Å². The zero-order valence-electron chi connectivity index (χ0n) is 19.4. The van der Waals surface area contributed by atoms with Crippen LogP contribution in [0.3, 0.4) is 0 Å². The fourth-order valence-electron chi connectivity index (χ4n) is 2.84. The minimum absolute atomic E-state index is 0. The zero-order valence-corrected chi connectivity index (χ0v) is 23.0. The average Bonchev–Trinajstić information content (AvgIpc) is 2.73. The average molecular weight is 521 g/mol. The Bertz CT molecular complexity index is 1220. The normalized spacial score (nSPS) is 12.5. The van der Waals surface area contributed by atoms with E-state index in [2.05, 4.69) is 24.3 Å². The van der Waals surface area contributed by atoms with Gasteiger partial charge in [-0.05, 0) is 69.1 Å². The van der Waals surface area contributed by atoms with Crippen molar-refractivity contribution in [2.45, 2.75) is 25.7 Å². The molecule has 11 nitrogen and oxygen atoms in total. The Labute approximate surface area is 221 Å². The molecule has 2 rings (SSSR count). The predicted molar refractivity (Wildman–Crippen MR) is 123 cm³/mol. The number of nitrogens with zero attached hydrogens (tertiary/aromatic N) is 4. The summed E-state index contributed by atoms with van der Waals surface area (Å²) in [6, 6.07) is 10.7. The smallest absolute Gasteiger partial charge is 0.862 e. The first-order chi connectivity index (χ1) is 15.4. The van der Waals surface area contributed by atoms with E-state index >= 15 is 0 Å². The number of rotatable bonds is 11. The van der Waals surface area contributed by atoms with Gasteiger partial charge in [0.2, 0.25) is 0 Å². The molecule has 0 aliphatic rings. The standard InChI is InChI=1S/C20H26N4O7S2.Na/c1-4-24(5-2)17-8-11-19(20(14-17)21-15(3)25)23-22-16-6-9-18(10-7-16)32(26,27)13-12-31-33(28,29)30;/h6-11,14H,4-5,12-13H2,1-3H3,(H,21,25)(H,28,29,30);/q;+1/p-1. The predicted octanol–water partition coefficient (Wildman–Crippen LogP) is -0.0445. The zero-order chi connectivity index (χ0) is 24.6. The van der Waals surface area contributed by atoms with Crippen molar-refractivity contribution < 1.29 is 60.2 Å². The Morgan fingerprint density at radius 3 is 2.15 bits per heavy atom. The Hall–Kier alpha value is -1.87. The fraction of sp³-hybridized carbons (Fsp3) is 0.350. The van der Waals surface area contributed by atoms with Crippen LogP contribution in [-0.4, -0.2) is 52.7 Å². The van der Waals surface area contributed by atoms with E-state index in [9.17, 15) is 21.9 Å². The third-order valence-electron chi connectivity index (χ3n) is 4.42. The van der Waals surface area contributed by atoms with Crippen molar-refractivity contribution in [3.63, 3.8) is 0 Å². The van der Waals surface area contributed by atoms with Crippen LogP contribution in [0.5, 0.6) is 0 Å². The van der Waals surface area contributed by atoms with Gasteiger partial charge in [0.05, 0.1) is 28.6 Å². The maximum absolute atomic E-state index is 12.2. The van der Waals surface area contributed by atoms with Crippen LogP contribution in [0.15, 0.2) is 62.6 Å². The molecule has 0 heterocycles. The van der Waals surface area contributed by atoms with Gasteiger partial charge >= 0.3 is 40.0 Å². The number of benzene rings is 2. The summed E-state index contributed by atoms with van der Waals surface area (Å²) in [5.41, 5.74) is 1.99. The van der Waals surface area contributed by atoms with Gasteiger partial charge in [-0.1, -0.05) is 0 Å². The first kappa shape index (κ1) is 30.2. The molecule has 0 amide bonds.